The Hall–Kier alpha value is -0.890. The van der Waals surface area contributed by atoms with E-state index in [-0.39, 0.29) is 6.04 Å². The zero-order valence-electron chi connectivity index (χ0n) is 8.46. The van der Waals surface area contributed by atoms with Gasteiger partial charge in [-0.3, -0.25) is 0 Å². The molecule has 2 atom stereocenters. The summed E-state index contributed by atoms with van der Waals surface area (Å²) in [6.07, 6.45) is 1.58. The van der Waals surface area contributed by atoms with E-state index in [2.05, 4.69) is 5.32 Å². The lowest BCUT2D eigenvalue weighted by Crippen LogP contribution is -2.43. The molecular formula is C12H16FN. The van der Waals surface area contributed by atoms with Gasteiger partial charge >= 0.3 is 0 Å². The summed E-state index contributed by atoms with van der Waals surface area (Å²) in [6.45, 7) is 2.61. The van der Waals surface area contributed by atoms with Crippen molar-refractivity contribution in [2.24, 2.45) is 0 Å². The number of benzene rings is 1. The molecule has 1 fully saturated rings. The first-order chi connectivity index (χ1) is 6.70. The standard InChI is InChI=1S/C12H16FN/c1-12(13)8-5-9-14-11(12)10-6-3-2-4-7-10/h2-4,6-7,11,14H,5,8-9H2,1H3. The number of halogens is 1. The van der Waals surface area contributed by atoms with E-state index in [9.17, 15) is 4.39 Å². The SMILES string of the molecule is CC1(F)CCCNC1c1ccccc1. The van der Waals surface area contributed by atoms with Crippen molar-refractivity contribution in [3.05, 3.63) is 35.9 Å². The third kappa shape index (κ3) is 1.80. The minimum atomic E-state index is -1.11. The van der Waals surface area contributed by atoms with Gasteiger partial charge in [-0.2, -0.15) is 0 Å². The van der Waals surface area contributed by atoms with Crippen LogP contribution in [0.2, 0.25) is 0 Å². The molecular weight excluding hydrogens is 177 g/mol. The zero-order chi connectivity index (χ0) is 10.0. The highest BCUT2D eigenvalue weighted by atomic mass is 19.1. The molecule has 76 valence electrons. The molecule has 2 heteroatoms. The summed E-state index contributed by atoms with van der Waals surface area (Å²) in [7, 11) is 0. The van der Waals surface area contributed by atoms with E-state index in [0.29, 0.717) is 6.42 Å². The molecule has 14 heavy (non-hydrogen) atoms. The Morgan fingerprint density at radius 3 is 2.71 bits per heavy atom. The summed E-state index contributed by atoms with van der Waals surface area (Å²) in [4.78, 5) is 0. The van der Waals surface area contributed by atoms with Crippen molar-refractivity contribution in [1.82, 2.24) is 5.32 Å². The summed E-state index contributed by atoms with van der Waals surface area (Å²) in [5, 5.41) is 3.25. The first-order valence-corrected chi connectivity index (χ1v) is 5.17. The lowest BCUT2D eigenvalue weighted by atomic mass is 9.85. The summed E-state index contributed by atoms with van der Waals surface area (Å²) >= 11 is 0. The van der Waals surface area contributed by atoms with Gasteiger partial charge < -0.3 is 5.32 Å². The Labute approximate surface area is 84.3 Å². The lowest BCUT2D eigenvalue weighted by Gasteiger charge is -2.36. The third-order valence-corrected chi connectivity index (χ3v) is 2.93. The third-order valence-electron chi connectivity index (χ3n) is 2.93. The van der Waals surface area contributed by atoms with E-state index in [1.165, 1.54) is 0 Å². The first-order valence-electron chi connectivity index (χ1n) is 5.17. The van der Waals surface area contributed by atoms with E-state index in [0.717, 1.165) is 18.5 Å². The molecule has 1 aliphatic heterocycles. The monoisotopic (exact) mass is 193 g/mol. The molecule has 1 saturated heterocycles. The van der Waals surface area contributed by atoms with Gasteiger partial charge in [0.25, 0.3) is 0 Å². The van der Waals surface area contributed by atoms with Crippen molar-refractivity contribution in [2.75, 3.05) is 6.54 Å². The fraction of sp³-hybridized carbons (Fsp3) is 0.500. The van der Waals surface area contributed by atoms with Gasteiger partial charge in [-0.25, -0.2) is 4.39 Å². The van der Waals surface area contributed by atoms with Crippen molar-refractivity contribution < 1.29 is 4.39 Å². The molecule has 0 radical (unpaired) electrons. The number of alkyl halides is 1. The number of nitrogens with one attached hydrogen (secondary N) is 1. The topological polar surface area (TPSA) is 12.0 Å². The highest BCUT2D eigenvalue weighted by Gasteiger charge is 2.37. The van der Waals surface area contributed by atoms with Gasteiger partial charge in [0.2, 0.25) is 0 Å². The molecule has 1 N–H and O–H groups in total. The Bertz CT molecular complexity index is 294. The minimum absolute atomic E-state index is 0.141. The largest absolute Gasteiger partial charge is 0.307 e. The fourth-order valence-electron chi connectivity index (χ4n) is 2.15. The van der Waals surface area contributed by atoms with Crippen LogP contribution in [-0.4, -0.2) is 12.2 Å². The summed E-state index contributed by atoms with van der Waals surface area (Å²) < 4.78 is 14.2. The second-order valence-corrected chi connectivity index (χ2v) is 4.18. The molecule has 2 rings (SSSR count). The molecule has 0 aromatic heterocycles. The number of piperidine rings is 1. The number of rotatable bonds is 1. The predicted octanol–water partition coefficient (Wildman–Crippen LogP) is 2.84. The number of hydrogen-bond donors (Lipinski definition) is 1. The average Bonchev–Trinajstić information content (AvgIpc) is 2.18. The molecule has 0 aliphatic carbocycles. The van der Waals surface area contributed by atoms with Crippen LogP contribution in [0.4, 0.5) is 4.39 Å². The summed E-state index contributed by atoms with van der Waals surface area (Å²) in [5.41, 5.74) is -0.0585. The Kier molecular flexibility index (Phi) is 2.55. The second-order valence-electron chi connectivity index (χ2n) is 4.18. The van der Waals surface area contributed by atoms with Crippen LogP contribution in [0.3, 0.4) is 0 Å². The number of hydrogen-bond acceptors (Lipinski definition) is 1. The molecule has 1 heterocycles. The van der Waals surface area contributed by atoms with Crippen LogP contribution in [0, 0.1) is 0 Å². The van der Waals surface area contributed by atoms with E-state index in [4.69, 9.17) is 0 Å². The van der Waals surface area contributed by atoms with Crippen LogP contribution in [0.25, 0.3) is 0 Å². The lowest BCUT2D eigenvalue weighted by molar-refractivity contribution is 0.0884. The highest BCUT2D eigenvalue weighted by molar-refractivity contribution is 5.22. The molecule has 1 aromatic rings. The van der Waals surface area contributed by atoms with Gasteiger partial charge in [0.05, 0.1) is 6.04 Å². The van der Waals surface area contributed by atoms with Crippen molar-refractivity contribution >= 4 is 0 Å². The Morgan fingerprint density at radius 2 is 2.07 bits per heavy atom. The quantitative estimate of drug-likeness (QED) is 0.723. The predicted molar refractivity (Wildman–Crippen MR) is 55.9 cm³/mol. The Morgan fingerprint density at radius 1 is 1.36 bits per heavy atom. The van der Waals surface area contributed by atoms with Gasteiger partial charge in [0, 0.05) is 0 Å². The van der Waals surface area contributed by atoms with E-state index in [1.54, 1.807) is 6.92 Å². The Balaban J connectivity index is 2.24. The highest BCUT2D eigenvalue weighted by Crippen LogP contribution is 2.35. The first kappa shape index (κ1) is 9.66. The van der Waals surface area contributed by atoms with Gasteiger partial charge in [0.15, 0.2) is 0 Å². The maximum atomic E-state index is 14.2. The van der Waals surface area contributed by atoms with Crippen molar-refractivity contribution in [3.8, 4) is 0 Å². The van der Waals surface area contributed by atoms with Crippen LogP contribution < -0.4 is 5.32 Å². The zero-order valence-corrected chi connectivity index (χ0v) is 8.46. The van der Waals surface area contributed by atoms with Crippen LogP contribution in [0.1, 0.15) is 31.4 Å². The molecule has 2 unspecified atom stereocenters. The van der Waals surface area contributed by atoms with E-state index < -0.39 is 5.67 Å². The van der Waals surface area contributed by atoms with E-state index in [1.807, 2.05) is 30.3 Å². The molecule has 0 spiro atoms. The molecule has 1 aromatic carbocycles. The normalized spacial score (nSPS) is 32.9. The van der Waals surface area contributed by atoms with Gasteiger partial charge in [-0.05, 0) is 31.9 Å². The van der Waals surface area contributed by atoms with Gasteiger partial charge in [0.1, 0.15) is 5.67 Å². The van der Waals surface area contributed by atoms with Crippen molar-refractivity contribution in [3.63, 3.8) is 0 Å². The maximum absolute atomic E-state index is 14.2. The molecule has 1 nitrogen and oxygen atoms in total. The van der Waals surface area contributed by atoms with Crippen molar-refractivity contribution in [2.45, 2.75) is 31.5 Å². The van der Waals surface area contributed by atoms with Crippen molar-refractivity contribution in [1.29, 1.82) is 0 Å². The van der Waals surface area contributed by atoms with Crippen LogP contribution in [-0.2, 0) is 0 Å². The fourth-order valence-corrected chi connectivity index (χ4v) is 2.15. The molecule has 0 amide bonds. The molecule has 0 saturated carbocycles. The van der Waals surface area contributed by atoms with Gasteiger partial charge in [-0.1, -0.05) is 30.3 Å². The van der Waals surface area contributed by atoms with Crippen LogP contribution in [0.5, 0.6) is 0 Å². The summed E-state index contributed by atoms with van der Waals surface area (Å²) in [6, 6.07) is 9.71. The smallest absolute Gasteiger partial charge is 0.127 e. The molecule has 0 bridgehead atoms. The molecule has 1 aliphatic rings. The summed E-state index contributed by atoms with van der Waals surface area (Å²) in [5.74, 6) is 0. The maximum Gasteiger partial charge on any atom is 0.127 e. The van der Waals surface area contributed by atoms with E-state index >= 15 is 0 Å². The van der Waals surface area contributed by atoms with Crippen LogP contribution >= 0.6 is 0 Å². The minimum Gasteiger partial charge on any atom is -0.307 e. The van der Waals surface area contributed by atoms with Gasteiger partial charge in [-0.15, -0.1) is 0 Å². The average molecular weight is 193 g/mol. The second kappa shape index (κ2) is 3.70. The van der Waals surface area contributed by atoms with Crippen LogP contribution in [0.15, 0.2) is 30.3 Å².